The molecule has 1 fully saturated rings. The summed E-state index contributed by atoms with van der Waals surface area (Å²) in [4.78, 5) is 110. The molecule has 0 aliphatic carbocycles. The van der Waals surface area contributed by atoms with Crippen molar-refractivity contribution < 1.29 is 62.1 Å². The minimum atomic E-state index is -1.87. The van der Waals surface area contributed by atoms with E-state index in [4.69, 9.17) is 33.5 Å². The van der Waals surface area contributed by atoms with Crippen molar-refractivity contribution in [3.8, 4) is 11.5 Å². The van der Waals surface area contributed by atoms with Crippen LogP contribution in [0.25, 0.3) is 0 Å². The number of thioether (sulfide) groups is 1. The Bertz CT molecular complexity index is 4030. The highest BCUT2D eigenvalue weighted by molar-refractivity contribution is 8.00. The minimum Gasteiger partial charge on any atom is -0.461 e. The van der Waals surface area contributed by atoms with E-state index >= 15 is 9.59 Å². The van der Waals surface area contributed by atoms with Gasteiger partial charge in [-0.3, -0.25) is 28.9 Å². The number of benzene rings is 8. The van der Waals surface area contributed by atoms with Crippen LogP contribution in [0.4, 0.5) is 5.13 Å². The summed E-state index contributed by atoms with van der Waals surface area (Å²) in [6, 6.07) is 68.0. The number of nitrogens with one attached hydrogen (secondary N) is 2. The molecule has 2 aliphatic heterocycles. The van der Waals surface area contributed by atoms with Crippen molar-refractivity contribution in [3.05, 3.63) is 297 Å². The molecule has 92 heavy (non-hydrogen) atoms. The number of fused-ring (bicyclic) bond motifs is 1. The molecule has 1 saturated heterocycles. The first kappa shape index (κ1) is 62.6. The Kier molecular flexibility index (Phi) is 19.5. The second-order valence-corrected chi connectivity index (χ2v) is 23.1. The highest BCUT2D eigenvalue weighted by Crippen LogP contribution is 2.44. The minimum absolute atomic E-state index is 0.0227. The smallest absolute Gasteiger partial charge is 0.356 e. The van der Waals surface area contributed by atoms with Crippen LogP contribution < -0.4 is 20.1 Å². The topological polar surface area (TPSA) is 227 Å². The van der Waals surface area contributed by atoms with E-state index in [2.05, 4.69) is 15.8 Å². The normalized spacial score (nSPS) is 14.9. The number of amides is 2. The molecule has 0 spiro atoms. The fourth-order valence-corrected chi connectivity index (χ4v) is 12.9. The fourth-order valence-electron chi connectivity index (χ4n) is 10.8. The number of hydrogen-bond donors (Lipinski definition) is 2. The number of oxime groups is 1. The van der Waals surface area contributed by atoms with Crippen molar-refractivity contribution in [1.29, 1.82) is 0 Å². The van der Waals surface area contributed by atoms with Crippen LogP contribution in [0.2, 0.25) is 0 Å². The largest absolute Gasteiger partial charge is 0.461 e. The third kappa shape index (κ3) is 14.1. The van der Waals surface area contributed by atoms with Crippen molar-refractivity contribution in [2.45, 2.75) is 56.0 Å². The van der Waals surface area contributed by atoms with Gasteiger partial charge in [0.15, 0.2) is 34.6 Å². The van der Waals surface area contributed by atoms with Crippen LogP contribution in [0.5, 0.6) is 11.5 Å². The molecule has 3 atom stereocenters. The Morgan fingerprint density at radius 1 is 0.587 bits per heavy atom. The molecule has 0 radical (unpaired) electrons. The quantitative estimate of drug-likeness (QED) is 0.0115. The number of hydrogen-bond acceptors (Lipinski definition) is 18. The maximum atomic E-state index is 15.5. The molecule has 20 heteroatoms. The van der Waals surface area contributed by atoms with E-state index in [1.807, 2.05) is 164 Å². The molecule has 0 saturated carbocycles. The van der Waals surface area contributed by atoms with Gasteiger partial charge in [-0.2, -0.15) is 0 Å². The molecular weight excluding hydrogens is 1210 g/mol. The van der Waals surface area contributed by atoms with Gasteiger partial charge in [-0.25, -0.2) is 14.6 Å². The predicted octanol–water partition coefficient (Wildman–Crippen LogP) is 11.7. The van der Waals surface area contributed by atoms with Gasteiger partial charge in [0.2, 0.25) is 6.10 Å². The molecule has 2 aliphatic rings. The zero-order valence-electron chi connectivity index (χ0n) is 49.8. The average molecular weight is 1270 g/mol. The summed E-state index contributed by atoms with van der Waals surface area (Å²) >= 11 is 2.35. The molecule has 1 aromatic heterocycles. The second kappa shape index (κ2) is 28.7. The summed E-state index contributed by atoms with van der Waals surface area (Å²) < 4.78 is 29.0. The highest BCUT2D eigenvalue weighted by Gasteiger charge is 2.55. The first-order valence-electron chi connectivity index (χ1n) is 29.1. The van der Waals surface area contributed by atoms with Crippen LogP contribution in [0.15, 0.2) is 252 Å². The second-order valence-electron chi connectivity index (χ2n) is 21.2. The van der Waals surface area contributed by atoms with Crippen LogP contribution in [-0.2, 0) is 58.1 Å². The maximum Gasteiger partial charge on any atom is 0.356 e. The van der Waals surface area contributed by atoms with E-state index in [9.17, 15) is 24.0 Å². The Labute approximate surface area is 537 Å². The first-order chi connectivity index (χ1) is 44.7. The van der Waals surface area contributed by atoms with E-state index in [-0.39, 0.29) is 40.8 Å². The number of thiazole rings is 1. The van der Waals surface area contributed by atoms with E-state index in [1.54, 1.807) is 53.9 Å². The molecule has 8 aromatic carbocycles. The zero-order valence-corrected chi connectivity index (χ0v) is 51.4. The number of β-lactam (4-membered cyclic amide) rings is 1. The molecule has 2 N–H and O–H groups in total. The molecule has 9 aromatic rings. The number of carbonyl (C=O) groups is 7. The summed E-state index contributed by atoms with van der Waals surface area (Å²) in [5, 5.41) is 12.0. The lowest BCUT2D eigenvalue weighted by molar-refractivity contribution is -0.162. The van der Waals surface area contributed by atoms with Crippen LogP contribution in [0, 0.1) is 0 Å². The molecule has 462 valence electrons. The first-order valence-corrected chi connectivity index (χ1v) is 31.1. The monoisotopic (exact) mass is 1270 g/mol. The Hall–Kier alpha value is -11.0. The van der Waals surface area contributed by atoms with Gasteiger partial charge in [0.05, 0.1) is 0 Å². The van der Waals surface area contributed by atoms with Crippen LogP contribution in [-0.4, -0.2) is 81.0 Å². The lowest BCUT2D eigenvalue weighted by atomic mass is 9.77. The lowest BCUT2D eigenvalue weighted by Crippen LogP contribution is -2.71. The molecule has 2 amide bonds. The van der Waals surface area contributed by atoms with Gasteiger partial charge in [-0.1, -0.05) is 224 Å². The summed E-state index contributed by atoms with van der Waals surface area (Å²) in [5.41, 5.74) is 3.53. The Morgan fingerprint density at radius 2 is 1.05 bits per heavy atom. The molecule has 11 rings (SSSR count). The van der Waals surface area contributed by atoms with Crippen molar-refractivity contribution >= 4 is 75.6 Å². The fraction of sp³-hybridized carbons (Fsp3) is 0.153. The average Bonchev–Trinajstić information content (AvgIpc) is 0.885. The predicted molar refractivity (Wildman–Crippen MR) is 345 cm³/mol. The number of anilines is 1. The van der Waals surface area contributed by atoms with Crippen molar-refractivity contribution in [2.75, 3.05) is 17.7 Å². The van der Waals surface area contributed by atoms with Crippen LogP contribution in [0.3, 0.4) is 0 Å². The van der Waals surface area contributed by atoms with Gasteiger partial charge in [-0.15, -0.1) is 23.1 Å². The SMILES string of the molecule is CC(=O)OCC1=C(C(=O)OC(c2ccccc2)c2ccccc2)N2C(=O)[C@@H](NC(=O)/C(=N/OC(C(=O)OC(c3ccccc3)c3ccccc3)c3ccc(OC(C)=O)c(OC(C)=O)c3)c3csc(NC(c4ccccc4)(c4ccccc4)c4ccccc4)n3)[C@H]2SC1. The summed E-state index contributed by atoms with van der Waals surface area (Å²) in [7, 11) is 0. The summed E-state index contributed by atoms with van der Waals surface area (Å²) in [6.45, 7) is 3.21. The number of ether oxygens (including phenoxy) is 5. The number of carbonyl (C=O) groups excluding carboxylic acids is 7. The van der Waals surface area contributed by atoms with E-state index in [0.717, 1.165) is 41.9 Å². The third-order valence-corrected chi connectivity index (χ3v) is 17.1. The van der Waals surface area contributed by atoms with Gasteiger partial charge in [0.1, 0.15) is 35.0 Å². The third-order valence-electron chi connectivity index (χ3n) is 15.0. The highest BCUT2D eigenvalue weighted by atomic mass is 32.2. The van der Waals surface area contributed by atoms with Crippen molar-refractivity contribution in [3.63, 3.8) is 0 Å². The van der Waals surface area contributed by atoms with Gasteiger partial charge in [-0.05, 0) is 51.1 Å². The van der Waals surface area contributed by atoms with E-state index in [0.29, 0.717) is 33.0 Å². The van der Waals surface area contributed by atoms with Gasteiger partial charge >= 0.3 is 29.8 Å². The van der Waals surface area contributed by atoms with Gasteiger partial charge < -0.3 is 39.2 Å². The molecule has 0 bridgehead atoms. The van der Waals surface area contributed by atoms with Crippen molar-refractivity contribution in [2.24, 2.45) is 5.16 Å². The summed E-state index contributed by atoms with van der Waals surface area (Å²) in [6.07, 6.45) is -3.80. The zero-order chi connectivity index (χ0) is 64.1. The maximum absolute atomic E-state index is 15.5. The Balaban J connectivity index is 0.997. The number of rotatable bonds is 23. The van der Waals surface area contributed by atoms with E-state index < -0.39 is 82.6 Å². The summed E-state index contributed by atoms with van der Waals surface area (Å²) in [5.74, 6) is -6.06. The molecule has 1 unspecified atom stereocenters. The van der Waals surface area contributed by atoms with E-state index in [1.165, 1.54) is 41.8 Å². The van der Waals surface area contributed by atoms with Gasteiger partial charge in [0, 0.05) is 43.0 Å². The van der Waals surface area contributed by atoms with Crippen LogP contribution >= 0.6 is 23.1 Å². The standard InChI is InChI=1S/C72H59N5O13S2/c1-45(78)85-42-53-43-91-68-61(67(82)77(68)62(53)69(83)88-63(48-25-11-4-12-26-48)49-27-13-5-14-28-49)74-66(81)60(57-44-92-71(73-57)75-72(54-33-19-8-20-34-54,55-35-21-9-22-36-55)56-37-23-10-24-38-56)76-90-65(52-39-40-58(86-46(2)79)59(41-52)87-47(3)80)70(84)89-64(50-29-15-6-16-30-50)51-31-17-7-18-32-51/h4-41,44,61,63-65,68H,42-43H2,1-3H3,(H,73,75)(H,74,81)/b76-60+/t61-,65?,68-/m1/s1. The lowest BCUT2D eigenvalue weighted by Gasteiger charge is -2.49. The molecule has 18 nitrogen and oxygen atoms in total. The number of aromatic nitrogens is 1. The van der Waals surface area contributed by atoms with Crippen LogP contribution in [0.1, 0.15) is 89.3 Å². The molecule has 3 heterocycles. The number of esters is 5. The Morgan fingerprint density at radius 3 is 1.53 bits per heavy atom. The molecular formula is C72H59N5O13S2. The van der Waals surface area contributed by atoms with Gasteiger partial charge in [0.25, 0.3) is 11.8 Å². The number of nitrogens with zero attached hydrogens (tertiary/aromatic N) is 3. The van der Waals surface area contributed by atoms with Crippen molar-refractivity contribution in [1.82, 2.24) is 15.2 Å².